The third-order valence-electron chi connectivity index (χ3n) is 5.23. The van der Waals surface area contributed by atoms with E-state index in [4.69, 9.17) is 18.9 Å². The van der Waals surface area contributed by atoms with E-state index in [1.54, 1.807) is 12.2 Å². The summed E-state index contributed by atoms with van der Waals surface area (Å²) in [5.74, 6) is -1.88. The van der Waals surface area contributed by atoms with E-state index in [1.165, 1.54) is 13.4 Å². The number of hydrogen-bond donors (Lipinski definition) is 5. The molecule has 152 valence electrons. The van der Waals surface area contributed by atoms with Gasteiger partial charge in [0.05, 0.1) is 25.6 Å². The van der Waals surface area contributed by atoms with Crippen LogP contribution in [0.1, 0.15) is 0 Å². The maximum absolute atomic E-state index is 12.0. The van der Waals surface area contributed by atoms with E-state index in [0.29, 0.717) is 0 Å². The highest BCUT2D eigenvalue weighted by atomic mass is 16.8. The third-order valence-corrected chi connectivity index (χ3v) is 5.23. The van der Waals surface area contributed by atoms with Crippen molar-refractivity contribution in [2.45, 2.75) is 37.0 Å². The minimum atomic E-state index is -1.59. The molecule has 1 saturated heterocycles. The van der Waals surface area contributed by atoms with Gasteiger partial charge in [0.15, 0.2) is 6.29 Å². The van der Waals surface area contributed by atoms with Gasteiger partial charge in [-0.3, -0.25) is 0 Å². The number of aliphatic hydroxyl groups is 5. The second-order valence-corrected chi connectivity index (χ2v) is 6.74. The van der Waals surface area contributed by atoms with Crippen LogP contribution in [0, 0.1) is 17.8 Å². The fraction of sp³-hybridized carbons (Fsp3) is 0.706. The molecule has 0 saturated carbocycles. The molecule has 0 radical (unpaired) electrons. The summed E-state index contributed by atoms with van der Waals surface area (Å²) in [4.78, 5) is 12.0. The Hall–Kier alpha value is -1.53. The Morgan fingerprint density at radius 1 is 1.07 bits per heavy atom. The van der Waals surface area contributed by atoms with E-state index < -0.39 is 61.4 Å². The Morgan fingerprint density at radius 2 is 1.81 bits per heavy atom. The Labute approximate surface area is 155 Å². The molecule has 0 aromatic carbocycles. The van der Waals surface area contributed by atoms with Gasteiger partial charge in [0.2, 0.25) is 6.29 Å². The molecule has 0 aromatic heterocycles. The minimum Gasteiger partial charge on any atom is -0.472 e. The van der Waals surface area contributed by atoms with Gasteiger partial charge < -0.3 is 44.5 Å². The van der Waals surface area contributed by atoms with E-state index in [-0.39, 0.29) is 18.1 Å². The second-order valence-electron chi connectivity index (χ2n) is 6.74. The molecule has 3 aliphatic rings. The summed E-state index contributed by atoms with van der Waals surface area (Å²) in [6.45, 7) is -0.806. The Morgan fingerprint density at radius 3 is 2.44 bits per heavy atom. The fourth-order valence-corrected chi connectivity index (χ4v) is 3.70. The number of rotatable bonds is 5. The van der Waals surface area contributed by atoms with Gasteiger partial charge in [-0.25, -0.2) is 4.79 Å². The first kappa shape index (κ1) is 20.2. The highest BCUT2D eigenvalue weighted by Gasteiger charge is 2.50. The Bertz CT molecular complexity index is 603. The molecule has 9 atom stereocenters. The highest BCUT2D eigenvalue weighted by molar-refractivity contribution is 5.89. The smallest absolute Gasteiger partial charge is 0.337 e. The molecular weight excluding hydrogens is 364 g/mol. The van der Waals surface area contributed by atoms with Crippen LogP contribution in [0.5, 0.6) is 0 Å². The summed E-state index contributed by atoms with van der Waals surface area (Å²) in [6.07, 6.45) is -3.51. The highest BCUT2D eigenvalue weighted by Crippen LogP contribution is 2.43. The topological polar surface area (TPSA) is 155 Å². The summed E-state index contributed by atoms with van der Waals surface area (Å²) >= 11 is 0. The van der Waals surface area contributed by atoms with Crippen molar-refractivity contribution in [3.63, 3.8) is 0 Å². The summed E-state index contributed by atoms with van der Waals surface area (Å²) < 4.78 is 21.3. The number of allylic oxidation sites excluding steroid dienone is 1. The van der Waals surface area contributed by atoms with Crippen molar-refractivity contribution < 1.29 is 49.3 Å². The van der Waals surface area contributed by atoms with Gasteiger partial charge >= 0.3 is 5.97 Å². The Kier molecular flexibility index (Phi) is 6.16. The standard InChI is InChI=1S/C17H24O10/c1-24-15(23)9-6-25-16(11-7(4-18)2-3-8(9)11)27-17-14(22)13(21)12(20)10(5-19)26-17/h2-3,6-8,10-14,16-22H,4-5H2,1H3. The predicted molar refractivity (Wildman–Crippen MR) is 86.5 cm³/mol. The van der Waals surface area contributed by atoms with Gasteiger partial charge in [-0.15, -0.1) is 0 Å². The molecule has 1 fully saturated rings. The zero-order valence-electron chi connectivity index (χ0n) is 14.6. The van der Waals surface area contributed by atoms with Crippen LogP contribution < -0.4 is 0 Å². The zero-order valence-corrected chi connectivity index (χ0v) is 14.6. The molecule has 0 aromatic rings. The van der Waals surface area contributed by atoms with E-state index in [2.05, 4.69) is 0 Å². The average Bonchev–Trinajstić information content (AvgIpc) is 3.12. The van der Waals surface area contributed by atoms with Crippen LogP contribution in [-0.2, 0) is 23.7 Å². The van der Waals surface area contributed by atoms with Crippen LogP contribution in [0.3, 0.4) is 0 Å². The van der Waals surface area contributed by atoms with Gasteiger partial charge in [-0.05, 0) is 0 Å². The zero-order chi connectivity index (χ0) is 19.7. The summed E-state index contributed by atoms with van der Waals surface area (Å²) in [5.41, 5.74) is 0.267. The van der Waals surface area contributed by atoms with Crippen molar-refractivity contribution in [3.05, 3.63) is 24.0 Å². The van der Waals surface area contributed by atoms with Crippen molar-refractivity contribution in [3.8, 4) is 0 Å². The van der Waals surface area contributed by atoms with Crippen LogP contribution in [0.2, 0.25) is 0 Å². The third kappa shape index (κ3) is 3.61. The lowest BCUT2D eigenvalue weighted by molar-refractivity contribution is -0.342. The first-order chi connectivity index (χ1) is 12.9. The normalized spacial score (nSPS) is 43.6. The molecule has 3 rings (SSSR count). The first-order valence-corrected chi connectivity index (χ1v) is 8.61. The number of carbonyl (C=O) groups is 1. The average molecular weight is 388 g/mol. The molecule has 0 spiro atoms. The van der Waals surface area contributed by atoms with Gasteiger partial charge in [-0.2, -0.15) is 0 Å². The van der Waals surface area contributed by atoms with E-state index in [1.807, 2.05) is 0 Å². The number of methoxy groups -OCH3 is 1. The summed E-state index contributed by atoms with van der Waals surface area (Å²) in [5, 5.41) is 48.8. The van der Waals surface area contributed by atoms with Crippen molar-refractivity contribution in [1.29, 1.82) is 0 Å². The molecule has 27 heavy (non-hydrogen) atoms. The molecular formula is C17H24O10. The molecule has 1 aliphatic carbocycles. The lowest BCUT2D eigenvalue weighted by Gasteiger charge is -2.43. The molecule has 9 unspecified atom stereocenters. The van der Waals surface area contributed by atoms with E-state index in [0.717, 1.165) is 0 Å². The summed E-state index contributed by atoms with van der Waals surface area (Å²) in [7, 11) is 1.25. The van der Waals surface area contributed by atoms with Gasteiger partial charge in [-0.1, -0.05) is 12.2 Å². The quantitative estimate of drug-likeness (QED) is 0.255. The number of ether oxygens (including phenoxy) is 4. The molecule has 10 nitrogen and oxygen atoms in total. The molecule has 0 bridgehead atoms. The van der Waals surface area contributed by atoms with Crippen molar-refractivity contribution >= 4 is 5.97 Å². The molecule has 2 aliphatic heterocycles. The SMILES string of the molecule is COC(=O)C1=COC(OC2OC(CO)C(O)C(O)C2O)C2C(CO)C=CC12. The van der Waals surface area contributed by atoms with Crippen LogP contribution in [0.4, 0.5) is 0 Å². The molecule has 0 amide bonds. The van der Waals surface area contributed by atoms with Crippen molar-refractivity contribution in [2.24, 2.45) is 17.8 Å². The maximum Gasteiger partial charge on any atom is 0.337 e. The second kappa shape index (κ2) is 8.23. The number of carbonyl (C=O) groups excluding carboxylic acids is 1. The monoisotopic (exact) mass is 388 g/mol. The molecule has 10 heteroatoms. The van der Waals surface area contributed by atoms with E-state index in [9.17, 15) is 30.3 Å². The van der Waals surface area contributed by atoms with Crippen LogP contribution in [0.25, 0.3) is 0 Å². The maximum atomic E-state index is 12.0. The fourth-order valence-electron chi connectivity index (χ4n) is 3.70. The van der Waals surface area contributed by atoms with Gasteiger partial charge in [0.25, 0.3) is 0 Å². The molecule has 5 N–H and O–H groups in total. The largest absolute Gasteiger partial charge is 0.472 e. The lowest BCUT2D eigenvalue weighted by Crippen LogP contribution is -2.60. The number of esters is 1. The number of hydrogen-bond acceptors (Lipinski definition) is 10. The van der Waals surface area contributed by atoms with Crippen LogP contribution >= 0.6 is 0 Å². The Balaban J connectivity index is 1.80. The van der Waals surface area contributed by atoms with Gasteiger partial charge in [0, 0.05) is 24.4 Å². The van der Waals surface area contributed by atoms with Crippen molar-refractivity contribution in [1.82, 2.24) is 0 Å². The van der Waals surface area contributed by atoms with Crippen LogP contribution in [-0.4, -0.2) is 88.8 Å². The number of aliphatic hydroxyl groups excluding tert-OH is 5. The first-order valence-electron chi connectivity index (χ1n) is 8.61. The predicted octanol–water partition coefficient (Wildman–Crippen LogP) is -2.37. The van der Waals surface area contributed by atoms with Gasteiger partial charge in [0.1, 0.15) is 24.4 Å². The van der Waals surface area contributed by atoms with Crippen molar-refractivity contribution in [2.75, 3.05) is 20.3 Å². The molecule has 2 heterocycles. The summed E-state index contributed by atoms with van der Waals surface area (Å²) in [6, 6.07) is 0. The van der Waals surface area contributed by atoms with E-state index >= 15 is 0 Å². The van der Waals surface area contributed by atoms with Crippen LogP contribution in [0.15, 0.2) is 24.0 Å². The number of fused-ring (bicyclic) bond motifs is 1. The lowest BCUT2D eigenvalue weighted by atomic mass is 9.82. The minimum absolute atomic E-state index is 0.218.